The van der Waals surface area contributed by atoms with Crippen LogP contribution < -0.4 is 10.0 Å². The van der Waals surface area contributed by atoms with E-state index in [1.165, 1.54) is 34.8 Å². The van der Waals surface area contributed by atoms with Gasteiger partial charge in [-0.15, -0.1) is 5.10 Å². The number of halogens is 7. The summed E-state index contributed by atoms with van der Waals surface area (Å²) in [6, 6.07) is 3.50. The average molecular weight is 548 g/mol. The number of fused-ring (bicyclic) bond motifs is 1. The highest BCUT2D eigenvalue weighted by molar-refractivity contribution is 7.98. The Morgan fingerprint density at radius 1 is 1.08 bits per heavy atom. The lowest BCUT2D eigenvalue weighted by Crippen LogP contribution is -2.50. The third kappa shape index (κ3) is 5.32. The Kier molecular flexibility index (Phi) is 6.46. The first-order valence-electron chi connectivity index (χ1n) is 11.1. The molecule has 5 rings (SSSR count). The number of rotatable bonds is 4. The number of aliphatic imine (C=N–C) groups is 1. The van der Waals surface area contributed by atoms with Crippen molar-refractivity contribution in [3.05, 3.63) is 47.7 Å². The van der Waals surface area contributed by atoms with E-state index in [1.807, 2.05) is 11.8 Å². The maximum atomic E-state index is 15.0. The van der Waals surface area contributed by atoms with Crippen LogP contribution in [0.25, 0.3) is 16.8 Å². The van der Waals surface area contributed by atoms with E-state index in [-0.39, 0.29) is 40.8 Å². The van der Waals surface area contributed by atoms with Gasteiger partial charge < -0.3 is 10.0 Å². The Morgan fingerprint density at radius 2 is 1.78 bits per heavy atom. The highest BCUT2D eigenvalue weighted by Gasteiger charge is 2.38. The second-order valence-corrected chi connectivity index (χ2v) is 9.59. The molecular formula is C22H20F7N7S. The third-order valence-corrected chi connectivity index (χ3v) is 7.10. The SMILES string of the molecule is CC1=NC(N2CC[C@H](Nc3nc4c(-c5cc(C(F)(F)F)cc(C(F)(F)F)c5)cccn4n3)[C@@H](F)C2)SN1. The quantitative estimate of drug-likeness (QED) is 0.345. The number of benzene rings is 1. The van der Waals surface area contributed by atoms with Crippen molar-refractivity contribution in [3.8, 4) is 11.1 Å². The first kappa shape index (κ1) is 25.6. The number of anilines is 1. The number of likely N-dealkylation sites (tertiary alicyclic amines) is 1. The largest absolute Gasteiger partial charge is 0.416 e. The van der Waals surface area contributed by atoms with Crippen molar-refractivity contribution in [1.29, 1.82) is 0 Å². The molecule has 1 aromatic carbocycles. The van der Waals surface area contributed by atoms with Crippen molar-refractivity contribution >= 4 is 29.4 Å². The van der Waals surface area contributed by atoms with Gasteiger partial charge in [-0.2, -0.15) is 31.3 Å². The summed E-state index contributed by atoms with van der Waals surface area (Å²) in [4.78, 5) is 10.6. The maximum absolute atomic E-state index is 15.0. The van der Waals surface area contributed by atoms with E-state index in [2.05, 4.69) is 25.1 Å². The molecule has 2 N–H and O–H groups in total. The number of hydrogen-bond donors (Lipinski definition) is 2. The summed E-state index contributed by atoms with van der Waals surface area (Å²) in [5.41, 5.74) is -3.35. The van der Waals surface area contributed by atoms with Gasteiger partial charge in [0.1, 0.15) is 12.0 Å². The molecule has 0 radical (unpaired) electrons. The van der Waals surface area contributed by atoms with Gasteiger partial charge in [-0.05, 0) is 61.2 Å². The molecule has 2 aliphatic heterocycles. The lowest BCUT2D eigenvalue weighted by Gasteiger charge is -2.36. The molecule has 37 heavy (non-hydrogen) atoms. The number of pyridine rings is 1. The van der Waals surface area contributed by atoms with Gasteiger partial charge in [-0.1, -0.05) is 0 Å². The molecule has 3 aromatic rings. The molecule has 1 fully saturated rings. The van der Waals surface area contributed by atoms with Crippen LogP contribution in [0, 0.1) is 0 Å². The fraction of sp³-hybridized carbons (Fsp3) is 0.409. The molecule has 0 amide bonds. The van der Waals surface area contributed by atoms with E-state index < -0.39 is 35.7 Å². The van der Waals surface area contributed by atoms with E-state index in [9.17, 15) is 30.7 Å². The van der Waals surface area contributed by atoms with Crippen LogP contribution in [0.1, 0.15) is 24.5 Å². The molecule has 15 heteroatoms. The molecule has 0 spiro atoms. The van der Waals surface area contributed by atoms with E-state index in [1.54, 1.807) is 0 Å². The van der Waals surface area contributed by atoms with Crippen molar-refractivity contribution in [2.45, 2.75) is 43.4 Å². The summed E-state index contributed by atoms with van der Waals surface area (Å²) in [6.45, 7) is 2.50. The minimum absolute atomic E-state index is 0.0161. The molecule has 1 unspecified atom stereocenters. The normalized spacial score (nSPS) is 23.2. The van der Waals surface area contributed by atoms with Gasteiger partial charge in [0.05, 0.1) is 17.2 Å². The van der Waals surface area contributed by atoms with Gasteiger partial charge in [0.25, 0.3) is 0 Å². The molecule has 2 aromatic heterocycles. The zero-order chi connectivity index (χ0) is 26.5. The molecule has 198 valence electrons. The van der Waals surface area contributed by atoms with Crippen molar-refractivity contribution in [2.24, 2.45) is 4.99 Å². The van der Waals surface area contributed by atoms with Gasteiger partial charge in [0.15, 0.2) is 11.1 Å². The Labute approximate surface area is 210 Å². The van der Waals surface area contributed by atoms with Gasteiger partial charge >= 0.3 is 12.4 Å². The molecule has 0 aliphatic carbocycles. The molecule has 3 atom stereocenters. The number of aromatic nitrogens is 3. The standard InChI is InChI=1S/C22H20F7N7S/c1-11-30-20(37-34-11)35-6-4-17(16(23)10-35)31-19-32-18-15(3-2-5-36(18)33-19)12-7-13(21(24,25)26)9-14(8-12)22(27,28)29/h2-3,5,7-9,16-17,20H,4,6,10H2,1H3,(H,30,34)(H,31,33)/t16-,17-,20?/m0/s1. The van der Waals surface area contributed by atoms with Gasteiger partial charge in [0, 0.05) is 24.8 Å². The number of hydrogen-bond acceptors (Lipinski definition) is 7. The highest BCUT2D eigenvalue weighted by atomic mass is 32.2. The summed E-state index contributed by atoms with van der Waals surface area (Å²) in [5.74, 6) is 0.779. The van der Waals surface area contributed by atoms with Gasteiger partial charge in [-0.3, -0.25) is 4.90 Å². The van der Waals surface area contributed by atoms with E-state index in [0.29, 0.717) is 25.1 Å². The predicted molar refractivity (Wildman–Crippen MR) is 125 cm³/mol. The highest BCUT2D eigenvalue weighted by Crippen LogP contribution is 2.39. The molecule has 1 saturated heterocycles. The van der Waals surface area contributed by atoms with Crippen LogP contribution in [0.5, 0.6) is 0 Å². The first-order valence-corrected chi connectivity index (χ1v) is 12.0. The number of alkyl halides is 7. The van der Waals surface area contributed by atoms with Crippen molar-refractivity contribution in [2.75, 3.05) is 18.4 Å². The third-order valence-electron chi connectivity index (χ3n) is 6.08. The smallest absolute Gasteiger partial charge is 0.347 e. The van der Waals surface area contributed by atoms with Crippen LogP contribution in [0.2, 0.25) is 0 Å². The minimum atomic E-state index is -4.98. The molecule has 2 aliphatic rings. The number of piperidine rings is 1. The maximum Gasteiger partial charge on any atom is 0.416 e. The van der Waals surface area contributed by atoms with Crippen molar-refractivity contribution in [1.82, 2.24) is 24.2 Å². The molecular weight excluding hydrogens is 527 g/mol. The Morgan fingerprint density at radius 3 is 2.38 bits per heavy atom. The van der Waals surface area contributed by atoms with E-state index in [0.717, 1.165) is 5.84 Å². The van der Waals surface area contributed by atoms with Crippen LogP contribution in [-0.2, 0) is 12.4 Å². The molecule has 7 nitrogen and oxygen atoms in total. The lowest BCUT2D eigenvalue weighted by atomic mass is 10.00. The number of amidine groups is 1. The summed E-state index contributed by atoms with van der Waals surface area (Å²) in [6.07, 6.45) is -9.38. The fourth-order valence-corrected chi connectivity index (χ4v) is 5.15. The Balaban J connectivity index is 1.42. The number of nitrogens with zero attached hydrogens (tertiary/aromatic N) is 5. The van der Waals surface area contributed by atoms with E-state index in [4.69, 9.17) is 0 Å². The Hall–Kier alpha value is -3.07. The number of nitrogens with one attached hydrogen (secondary N) is 2. The second kappa shape index (κ2) is 9.35. The van der Waals surface area contributed by atoms with Gasteiger partial charge in [-0.25, -0.2) is 13.9 Å². The lowest BCUT2D eigenvalue weighted by molar-refractivity contribution is -0.143. The zero-order valence-electron chi connectivity index (χ0n) is 19.1. The van der Waals surface area contributed by atoms with Crippen LogP contribution in [0.15, 0.2) is 41.5 Å². The van der Waals surface area contributed by atoms with Crippen LogP contribution in [0.4, 0.5) is 36.7 Å². The summed E-state index contributed by atoms with van der Waals surface area (Å²) < 4.78 is 99.4. The predicted octanol–water partition coefficient (Wildman–Crippen LogP) is 5.21. The van der Waals surface area contributed by atoms with Crippen LogP contribution in [0.3, 0.4) is 0 Å². The van der Waals surface area contributed by atoms with E-state index >= 15 is 0 Å². The summed E-state index contributed by atoms with van der Waals surface area (Å²) in [7, 11) is 0. The van der Waals surface area contributed by atoms with Crippen molar-refractivity contribution in [3.63, 3.8) is 0 Å². The Bertz CT molecular complexity index is 1300. The average Bonchev–Trinajstić information content (AvgIpc) is 3.44. The first-order chi connectivity index (χ1) is 17.4. The monoisotopic (exact) mass is 547 g/mol. The second-order valence-electron chi connectivity index (χ2n) is 8.73. The van der Waals surface area contributed by atoms with Crippen LogP contribution >= 0.6 is 11.9 Å². The van der Waals surface area contributed by atoms with Crippen LogP contribution in [-0.4, -0.2) is 56.1 Å². The fourth-order valence-electron chi connectivity index (χ4n) is 4.27. The molecule has 0 bridgehead atoms. The summed E-state index contributed by atoms with van der Waals surface area (Å²) >= 11 is 1.39. The topological polar surface area (TPSA) is 69.8 Å². The van der Waals surface area contributed by atoms with Crippen molar-refractivity contribution < 1.29 is 30.7 Å². The summed E-state index contributed by atoms with van der Waals surface area (Å²) in [5, 5.41) is 7.14. The van der Waals surface area contributed by atoms with Gasteiger partial charge in [0.2, 0.25) is 5.95 Å². The minimum Gasteiger partial charge on any atom is -0.347 e. The molecule has 0 saturated carbocycles. The molecule has 4 heterocycles. The zero-order valence-corrected chi connectivity index (χ0v) is 19.9.